The molecule has 0 aliphatic rings. The summed E-state index contributed by atoms with van der Waals surface area (Å²) in [7, 11) is 0. The van der Waals surface area contributed by atoms with E-state index < -0.39 is 5.91 Å². The lowest BCUT2D eigenvalue weighted by Crippen LogP contribution is -2.13. The first-order valence-electron chi connectivity index (χ1n) is 5.44. The minimum atomic E-state index is -0.482. The van der Waals surface area contributed by atoms with Crippen LogP contribution in [0.15, 0.2) is 6.07 Å². The summed E-state index contributed by atoms with van der Waals surface area (Å²) in [6.45, 7) is 3.71. The molecule has 1 amide bonds. The van der Waals surface area contributed by atoms with Gasteiger partial charge in [-0.3, -0.25) is 4.79 Å². The molecule has 0 saturated carbocycles. The highest BCUT2D eigenvalue weighted by Crippen LogP contribution is 2.32. The maximum atomic E-state index is 12.2. The zero-order valence-electron chi connectivity index (χ0n) is 10.5. The van der Waals surface area contributed by atoms with Crippen molar-refractivity contribution in [3.05, 3.63) is 37.9 Å². The maximum absolute atomic E-state index is 12.2. The van der Waals surface area contributed by atoms with E-state index in [9.17, 15) is 4.79 Å². The molecule has 0 bridgehead atoms. The average Bonchev–Trinajstić information content (AvgIpc) is 2.67. The molecule has 0 spiro atoms. The molecule has 1 N–H and O–H groups in total. The minimum absolute atomic E-state index is 0.0459. The van der Waals surface area contributed by atoms with E-state index in [2.05, 4.69) is 21.6 Å². The molecule has 2 heterocycles. The van der Waals surface area contributed by atoms with Gasteiger partial charge >= 0.3 is 0 Å². The molecule has 2 aromatic heterocycles. The average molecular weight is 327 g/mol. The van der Waals surface area contributed by atoms with Crippen molar-refractivity contribution in [1.29, 1.82) is 5.26 Å². The van der Waals surface area contributed by atoms with Crippen LogP contribution in [-0.4, -0.2) is 16.1 Å². The Hall–Kier alpha value is -1.68. The molecule has 5 nitrogen and oxygen atoms in total. The number of nitriles is 1. The highest BCUT2D eigenvalue weighted by molar-refractivity contribution is 7.16. The van der Waals surface area contributed by atoms with Gasteiger partial charge in [0.05, 0.1) is 11.1 Å². The first-order chi connectivity index (χ1) is 9.43. The van der Waals surface area contributed by atoms with Crippen molar-refractivity contribution in [2.24, 2.45) is 0 Å². The summed E-state index contributed by atoms with van der Waals surface area (Å²) in [4.78, 5) is 13.1. The van der Waals surface area contributed by atoms with E-state index in [0.29, 0.717) is 10.6 Å². The summed E-state index contributed by atoms with van der Waals surface area (Å²) >= 11 is 12.8. The number of rotatable bonds is 2. The molecule has 102 valence electrons. The highest BCUT2D eigenvalue weighted by Gasteiger charge is 2.18. The molecule has 0 fully saturated rings. The van der Waals surface area contributed by atoms with Crippen LogP contribution in [0.2, 0.25) is 10.3 Å². The fraction of sp³-hybridized carbons (Fsp3) is 0.167. The fourth-order valence-corrected chi connectivity index (χ4v) is 2.86. The third-order valence-electron chi connectivity index (χ3n) is 2.69. The number of hydrogen-bond donors (Lipinski definition) is 1. The Bertz CT molecular complexity index is 736. The second-order valence-electron chi connectivity index (χ2n) is 3.92. The van der Waals surface area contributed by atoms with Crippen molar-refractivity contribution in [3.63, 3.8) is 0 Å². The first-order valence-corrected chi connectivity index (χ1v) is 7.01. The van der Waals surface area contributed by atoms with E-state index in [1.54, 1.807) is 0 Å². The summed E-state index contributed by atoms with van der Waals surface area (Å²) in [5, 5.41) is 19.4. The standard InChI is InChI=1S/C12H8Cl2N4OS/c1-5-6(2)20-12(8(5)4-15)16-11(19)7-3-9(13)17-18-10(7)14/h3H,1-2H3,(H,16,19). The number of nitrogens with one attached hydrogen (secondary N) is 1. The lowest BCUT2D eigenvalue weighted by Gasteiger charge is -2.04. The Kier molecular flexibility index (Phi) is 4.23. The van der Waals surface area contributed by atoms with Gasteiger partial charge in [-0.1, -0.05) is 23.2 Å². The predicted molar refractivity (Wildman–Crippen MR) is 78.5 cm³/mol. The number of anilines is 1. The van der Waals surface area contributed by atoms with Crippen molar-refractivity contribution in [2.75, 3.05) is 5.32 Å². The van der Waals surface area contributed by atoms with Crippen LogP contribution in [0.3, 0.4) is 0 Å². The molecule has 0 radical (unpaired) electrons. The summed E-state index contributed by atoms with van der Waals surface area (Å²) in [6, 6.07) is 3.40. The minimum Gasteiger partial charge on any atom is -0.312 e. The maximum Gasteiger partial charge on any atom is 0.259 e. The lowest BCUT2D eigenvalue weighted by atomic mass is 10.2. The second-order valence-corrected chi connectivity index (χ2v) is 5.89. The molecule has 0 saturated heterocycles. The van der Waals surface area contributed by atoms with Gasteiger partial charge < -0.3 is 5.32 Å². The molecule has 2 aromatic rings. The van der Waals surface area contributed by atoms with Gasteiger partial charge in [0.25, 0.3) is 5.91 Å². The Morgan fingerprint density at radius 1 is 1.40 bits per heavy atom. The molecular weight excluding hydrogens is 319 g/mol. The fourth-order valence-electron chi connectivity index (χ4n) is 1.53. The normalized spacial score (nSPS) is 10.2. The molecule has 0 unspecified atom stereocenters. The number of nitrogens with zero attached hydrogens (tertiary/aromatic N) is 3. The van der Waals surface area contributed by atoms with Crippen molar-refractivity contribution in [1.82, 2.24) is 10.2 Å². The second kappa shape index (κ2) is 5.75. The number of carbonyl (C=O) groups is 1. The van der Waals surface area contributed by atoms with E-state index >= 15 is 0 Å². The molecule has 2 rings (SSSR count). The SMILES string of the molecule is Cc1sc(NC(=O)c2cc(Cl)nnc2Cl)c(C#N)c1C. The number of hydrogen-bond acceptors (Lipinski definition) is 5. The van der Waals surface area contributed by atoms with Crippen molar-refractivity contribution < 1.29 is 4.79 Å². The van der Waals surface area contributed by atoms with Crippen LogP contribution in [0.5, 0.6) is 0 Å². The van der Waals surface area contributed by atoms with E-state index in [-0.39, 0.29) is 15.9 Å². The Morgan fingerprint density at radius 2 is 2.10 bits per heavy atom. The summed E-state index contributed by atoms with van der Waals surface area (Å²) in [5.74, 6) is -0.482. The molecule has 8 heteroatoms. The third kappa shape index (κ3) is 2.75. The topological polar surface area (TPSA) is 78.7 Å². The van der Waals surface area contributed by atoms with Gasteiger partial charge in [0.2, 0.25) is 0 Å². The van der Waals surface area contributed by atoms with E-state index in [4.69, 9.17) is 28.5 Å². The monoisotopic (exact) mass is 326 g/mol. The molecule has 0 aromatic carbocycles. The van der Waals surface area contributed by atoms with Crippen molar-refractivity contribution in [3.8, 4) is 6.07 Å². The molecular formula is C12H8Cl2N4OS. The molecule has 20 heavy (non-hydrogen) atoms. The largest absolute Gasteiger partial charge is 0.312 e. The zero-order chi connectivity index (χ0) is 14.9. The molecule has 0 atom stereocenters. The van der Waals surface area contributed by atoms with E-state index in [1.165, 1.54) is 17.4 Å². The Labute approximate surface area is 129 Å². The van der Waals surface area contributed by atoms with Gasteiger partial charge in [0.15, 0.2) is 10.3 Å². The van der Waals surface area contributed by atoms with Gasteiger partial charge in [0.1, 0.15) is 11.1 Å². The quantitative estimate of drug-likeness (QED) is 0.914. The number of aryl methyl sites for hydroxylation is 1. The Balaban J connectivity index is 2.36. The first kappa shape index (κ1) is 14.7. The number of amides is 1. The predicted octanol–water partition coefficient (Wildman–Crippen LogP) is 3.59. The van der Waals surface area contributed by atoms with Crippen LogP contribution in [0.1, 0.15) is 26.4 Å². The lowest BCUT2D eigenvalue weighted by molar-refractivity contribution is 0.102. The summed E-state index contributed by atoms with van der Waals surface area (Å²) in [5.41, 5.74) is 1.41. The van der Waals surface area contributed by atoms with Gasteiger partial charge in [-0.05, 0) is 25.5 Å². The summed E-state index contributed by atoms with van der Waals surface area (Å²) in [6.07, 6.45) is 0. The van der Waals surface area contributed by atoms with Crippen molar-refractivity contribution >= 4 is 45.4 Å². The van der Waals surface area contributed by atoms with Crippen LogP contribution in [0.25, 0.3) is 0 Å². The van der Waals surface area contributed by atoms with Crippen LogP contribution in [0, 0.1) is 25.2 Å². The number of carbonyl (C=O) groups excluding carboxylic acids is 1. The van der Waals surface area contributed by atoms with E-state index in [0.717, 1.165) is 10.4 Å². The smallest absolute Gasteiger partial charge is 0.259 e. The Morgan fingerprint density at radius 3 is 2.75 bits per heavy atom. The van der Waals surface area contributed by atoms with Crippen LogP contribution in [0.4, 0.5) is 5.00 Å². The van der Waals surface area contributed by atoms with Gasteiger partial charge in [-0.25, -0.2) is 0 Å². The van der Waals surface area contributed by atoms with Crippen LogP contribution < -0.4 is 5.32 Å². The molecule has 0 aliphatic heterocycles. The van der Waals surface area contributed by atoms with Gasteiger partial charge in [-0.2, -0.15) is 5.26 Å². The van der Waals surface area contributed by atoms with Crippen LogP contribution >= 0.6 is 34.5 Å². The number of halogens is 2. The van der Waals surface area contributed by atoms with Gasteiger partial charge in [-0.15, -0.1) is 21.5 Å². The van der Waals surface area contributed by atoms with E-state index in [1.807, 2.05) is 13.8 Å². The third-order valence-corrected chi connectivity index (χ3v) is 4.27. The molecule has 0 aliphatic carbocycles. The summed E-state index contributed by atoms with van der Waals surface area (Å²) < 4.78 is 0. The number of thiophene rings is 1. The number of aromatic nitrogens is 2. The zero-order valence-corrected chi connectivity index (χ0v) is 12.8. The highest BCUT2D eigenvalue weighted by atomic mass is 35.5. The van der Waals surface area contributed by atoms with Gasteiger partial charge in [0, 0.05) is 4.88 Å². The van der Waals surface area contributed by atoms with Crippen LogP contribution in [-0.2, 0) is 0 Å². The van der Waals surface area contributed by atoms with Crippen molar-refractivity contribution in [2.45, 2.75) is 13.8 Å².